The van der Waals surface area contributed by atoms with E-state index in [-0.39, 0.29) is 5.41 Å². The number of fused-ring (bicyclic) bond motifs is 1. The second kappa shape index (κ2) is 6.77. The van der Waals surface area contributed by atoms with Crippen molar-refractivity contribution in [3.8, 4) is 11.1 Å². The third-order valence-corrected chi connectivity index (χ3v) is 5.83. The van der Waals surface area contributed by atoms with E-state index in [2.05, 4.69) is 69.5 Å². The highest BCUT2D eigenvalue weighted by molar-refractivity contribution is 5.81. The minimum Gasteiger partial charge on any atom is -0.381 e. The molecule has 5 nitrogen and oxygen atoms in total. The quantitative estimate of drug-likeness (QED) is 0.564. The maximum atomic E-state index is 5.70. The van der Waals surface area contributed by atoms with Crippen LogP contribution in [0.2, 0.25) is 0 Å². The summed E-state index contributed by atoms with van der Waals surface area (Å²) in [6.07, 6.45) is 5.45. The normalized spacial score (nSPS) is 16.3. The van der Waals surface area contributed by atoms with Crippen molar-refractivity contribution >= 4 is 16.9 Å². The van der Waals surface area contributed by atoms with E-state index in [0.29, 0.717) is 5.95 Å². The Bertz CT molecular complexity index is 1060. The number of nitrogens with two attached hydrogens (primary N) is 1. The summed E-state index contributed by atoms with van der Waals surface area (Å²) in [5.74, 6) is 0.292. The number of nitrogens with one attached hydrogen (secondary N) is 1. The molecular weight excluding hydrogens is 348 g/mol. The molecule has 0 amide bonds. The number of rotatable bonds is 3. The molecule has 1 aliphatic rings. The summed E-state index contributed by atoms with van der Waals surface area (Å²) >= 11 is 0. The van der Waals surface area contributed by atoms with Crippen molar-refractivity contribution in [3.63, 3.8) is 0 Å². The molecule has 3 N–H and O–H groups in total. The lowest BCUT2D eigenvalue weighted by molar-refractivity contribution is 0.0621. The van der Waals surface area contributed by atoms with Gasteiger partial charge in [0.05, 0.1) is 0 Å². The van der Waals surface area contributed by atoms with Crippen LogP contribution in [0, 0.1) is 0 Å². The van der Waals surface area contributed by atoms with Crippen LogP contribution >= 0.6 is 0 Å². The molecule has 4 aromatic rings. The Labute approximate surface area is 163 Å². The molecular formula is C23H22N4O. The minimum absolute atomic E-state index is 0.0621. The van der Waals surface area contributed by atoms with Crippen molar-refractivity contribution in [3.05, 3.63) is 78.2 Å². The number of aromatic nitrogens is 3. The van der Waals surface area contributed by atoms with E-state index in [1.54, 1.807) is 12.4 Å². The molecule has 0 bridgehead atoms. The predicted molar refractivity (Wildman–Crippen MR) is 111 cm³/mol. The van der Waals surface area contributed by atoms with Crippen LogP contribution in [0.5, 0.6) is 0 Å². The first-order chi connectivity index (χ1) is 13.7. The van der Waals surface area contributed by atoms with Gasteiger partial charge in [-0.3, -0.25) is 0 Å². The first kappa shape index (κ1) is 17.0. The van der Waals surface area contributed by atoms with Gasteiger partial charge in [-0.1, -0.05) is 42.5 Å². The van der Waals surface area contributed by atoms with E-state index in [9.17, 15) is 0 Å². The van der Waals surface area contributed by atoms with E-state index >= 15 is 0 Å². The molecule has 0 spiro atoms. The van der Waals surface area contributed by atoms with Crippen LogP contribution in [0.4, 0.5) is 5.95 Å². The Morgan fingerprint density at radius 3 is 2.32 bits per heavy atom. The maximum Gasteiger partial charge on any atom is 0.219 e. The molecule has 0 aliphatic carbocycles. The molecule has 28 heavy (non-hydrogen) atoms. The van der Waals surface area contributed by atoms with E-state index in [4.69, 9.17) is 10.5 Å². The van der Waals surface area contributed by atoms with Gasteiger partial charge in [-0.15, -0.1) is 0 Å². The van der Waals surface area contributed by atoms with Crippen LogP contribution in [-0.2, 0) is 10.2 Å². The number of hydrogen-bond donors (Lipinski definition) is 2. The summed E-state index contributed by atoms with van der Waals surface area (Å²) in [5, 5.41) is 1.25. The molecule has 0 atom stereocenters. The molecule has 0 radical (unpaired) electrons. The number of H-pyrrole nitrogens is 1. The van der Waals surface area contributed by atoms with Crippen LogP contribution in [0.3, 0.4) is 0 Å². The average molecular weight is 370 g/mol. The number of nitrogens with zero attached hydrogens (tertiary/aromatic N) is 2. The molecule has 5 rings (SSSR count). The van der Waals surface area contributed by atoms with E-state index in [0.717, 1.165) is 37.2 Å². The summed E-state index contributed by atoms with van der Waals surface area (Å²) in [7, 11) is 0. The Morgan fingerprint density at radius 1 is 0.893 bits per heavy atom. The highest BCUT2D eigenvalue weighted by Gasteiger charge is 2.37. The predicted octanol–water partition coefficient (Wildman–Crippen LogP) is 4.30. The van der Waals surface area contributed by atoms with Crippen molar-refractivity contribution in [2.45, 2.75) is 18.3 Å². The molecule has 1 fully saturated rings. The maximum absolute atomic E-state index is 5.70. The highest BCUT2D eigenvalue weighted by Crippen LogP contribution is 2.42. The van der Waals surface area contributed by atoms with Gasteiger partial charge in [-0.2, -0.15) is 0 Å². The van der Waals surface area contributed by atoms with Crippen LogP contribution in [0.15, 0.2) is 67.0 Å². The first-order valence-electron chi connectivity index (χ1n) is 9.59. The summed E-state index contributed by atoms with van der Waals surface area (Å²) in [5.41, 5.74) is 11.3. The number of hydrogen-bond acceptors (Lipinski definition) is 4. The summed E-state index contributed by atoms with van der Waals surface area (Å²) in [6.45, 7) is 1.53. The van der Waals surface area contributed by atoms with Crippen molar-refractivity contribution in [2.75, 3.05) is 18.9 Å². The molecule has 1 aliphatic heterocycles. The molecule has 0 saturated carbocycles. The molecule has 2 aromatic heterocycles. The van der Waals surface area contributed by atoms with Gasteiger partial charge in [-0.05, 0) is 41.5 Å². The minimum atomic E-state index is -0.0621. The summed E-state index contributed by atoms with van der Waals surface area (Å²) < 4.78 is 5.70. The largest absolute Gasteiger partial charge is 0.381 e. The lowest BCUT2D eigenvalue weighted by Crippen LogP contribution is -2.35. The number of para-hydroxylation sites is 1. The third-order valence-electron chi connectivity index (χ3n) is 5.83. The lowest BCUT2D eigenvalue weighted by Gasteiger charge is -2.37. The molecule has 0 unspecified atom stereocenters. The monoisotopic (exact) mass is 370 g/mol. The van der Waals surface area contributed by atoms with Gasteiger partial charge in [0.15, 0.2) is 0 Å². The third kappa shape index (κ3) is 2.84. The molecule has 1 saturated heterocycles. The van der Waals surface area contributed by atoms with Gasteiger partial charge in [0.1, 0.15) is 0 Å². The van der Waals surface area contributed by atoms with Gasteiger partial charge >= 0.3 is 0 Å². The highest BCUT2D eigenvalue weighted by atomic mass is 16.5. The zero-order valence-corrected chi connectivity index (χ0v) is 15.6. The first-order valence-corrected chi connectivity index (χ1v) is 9.59. The standard InChI is InChI=1S/C23H22N4O/c24-22-25-14-18(15-26-22)16-5-7-19(8-6-16)23(9-11-28-12-10-23)21-13-17-3-1-2-4-20(17)27-21/h1-8,13-15,27H,9-12H2,(H2,24,25,26). The Kier molecular flexibility index (Phi) is 4.10. The Hall–Kier alpha value is -3.18. The van der Waals surface area contributed by atoms with Crippen LogP contribution in [-0.4, -0.2) is 28.2 Å². The lowest BCUT2D eigenvalue weighted by atomic mass is 9.71. The van der Waals surface area contributed by atoms with Gasteiger partial charge in [-0.25, -0.2) is 9.97 Å². The number of nitrogen functional groups attached to an aromatic ring is 1. The number of ether oxygens (including phenoxy) is 1. The van der Waals surface area contributed by atoms with Crippen LogP contribution in [0.1, 0.15) is 24.1 Å². The Morgan fingerprint density at radius 2 is 1.61 bits per heavy atom. The van der Waals surface area contributed by atoms with Crippen molar-refractivity contribution in [2.24, 2.45) is 0 Å². The second-order valence-electron chi connectivity index (χ2n) is 7.37. The van der Waals surface area contributed by atoms with Crippen molar-refractivity contribution < 1.29 is 4.74 Å². The fourth-order valence-electron chi connectivity index (χ4n) is 4.23. The van der Waals surface area contributed by atoms with Crippen LogP contribution < -0.4 is 5.73 Å². The zero-order valence-electron chi connectivity index (χ0n) is 15.6. The fraction of sp³-hybridized carbons (Fsp3) is 0.217. The van der Waals surface area contributed by atoms with Gasteiger partial charge < -0.3 is 15.5 Å². The van der Waals surface area contributed by atoms with E-state index in [1.165, 1.54) is 22.2 Å². The summed E-state index contributed by atoms with van der Waals surface area (Å²) in [4.78, 5) is 11.9. The van der Waals surface area contributed by atoms with E-state index < -0.39 is 0 Å². The van der Waals surface area contributed by atoms with Crippen molar-refractivity contribution in [1.29, 1.82) is 0 Å². The topological polar surface area (TPSA) is 76.8 Å². The second-order valence-corrected chi connectivity index (χ2v) is 7.37. The average Bonchev–Trinajstić information content (AvgIpc) is 3.20. The number of aromatic amines is 1. The van der Waals surface area contributed by atoms with Gasteiger partial charge in [0.25, 0.3) is 0 Å². The van der Waals surface area contributed by atoms with Gasteiger partial charge in [0, 0.05) is 47.8 Å². The summed E-state index contributed by atoms with van der Waals surface area (Å²) in [6, 6.07) is 19.5. The number of benzene rings is 2. The number of anilines is 1. The smallest absolute Gasteiger partial charge is 0.219 e. The zero-order chi connectivity index (χ0) is 19.0. The van der Waals surface area contributed by atoms with Crippen molar-refractivity contribution in [1.82, 2.24) is 15.0 Å². The molecule has 3 heterocycles. The molecule has 140 valence electrons. The fourth-order valence-corrected chi connectivity index (χ4v) is 4.23. The molecule has 5 heteroatoms. The Balaban J connectivity index is 1.57. The molecule has 2 aromatic carbocycles. The van der Waals surface area contributed by atoms with Gasteiger partial charge in [0.2, 0.25) is 5.95 Å². The SMILES string of the molecule is Nc1ncc(-c2ccc(C3(c4cc5ccccc5[nH]4)CCOCC3)cc2)cn1. The van der Waals surface area contributed by atoms with Crippen LogP contribution in [0.25, 0.3) is 22.0 Å². The van der Waals surface area contributed by atoms with E-state index in [1.807, 2.05) is 0 Å².